The normalized spacial score (nSPS) is 11.1. The second-order valence-corrected chi connectivity index (χ2v) is 7.20. The first-order chi connectivity index (χ1) is 17.2. The van der Waals surface area contributed by atoms with Gasteiger partial charge in [0.05, 0.1) is 29.6 Å². The van der Waals surface area contributed by atoms with E-state index < -0.39 is 29.5 Å². The molecule has 0 bridgehead atoms. The minimum Gasteiger partial charge on any atom is -0.494 e. The standard InChI is InChI=1S/C25H21F3N4O4/c1-2-36-18-13-11-17(12-14-18)30-22(33)19-8-4-6-10-21(19)31-23(34)24(35)32-29-15-16-7-3-5-9-20(16)25(26,27)28/h3-15H,2H2,1H3,(H,30,33)(H,31,34)(H,32,35)/b29-15-. The lowest BCUT2D eigenvalue weighted by molar-refractivity contribution is -0.137. The van der Waals surface area contributed by atoms with Crippen molar-refractivity contribution in [3.8, 4) is 5.75 Å². The van der Waals surface area contributed by atoms with Crippen LogP contribution in [-0.2, 0) is 15.8 Å². The molecular formula is C25H21F3N4O4. The third kappa shape index (κ3) is 6.92. The minimum atomic E-state index is -4.61. The number of ether oxygens (including phenoxy) is 1. The molecule has 0 aromatic heterocycles. The van der Waals surface area contributed by atoms with E-state index in [9.17, 15) is 27.6 Å². The van der Waals surface area contributed by atoms with Crippen LogP contribution in [0.2, 0.25) is 0 Å². The number of benzene rings is 3. The summed E-state index contributed by atoms with van der Waals surface area (Å²) in [4.78, 5) is 37.1. The van der Waals surface area contributed by atoms with Crippen LogP contribution in [0.1, 0.15) is 28.4 Å². The Hall–Kier alpha value is -4.67. The lowest BCUT2D eigenvalue weighted by Gasteiger charge is -2.11. The van der Waals surface area contributed by atoms with E-state index in [0.29, 0.717) is 18.0 Å². The lowest BCUT2D eigenvalue weighted by atomic mass is 10.1. The van der Waals surface area contributed by atoms with Gasteiger partial charge in [-0.3, -0.25) is 14.4 Å². The number of anilines is 2. The number of para-hydroxylation sites is 1. The predicted molar refractivity (Wildman–Crippen MR) is 128 cm³/mol. The Labute approximate surface area is 204 Å². The molecule has 0 saturated heterocycles. The molecule has 3 aromatic carbocycles. The third-order valence-electron chi connectivity index (χ3n) is 4.69. The molecule has 3 aromatic rings. The van der Waals surface area contributed by atoms with Gasteiger partial charge in [0.25, 0.3) is 5.91 Å². The number of hydrogen-bond donors (Lipinski definition) is 3. The van der Waals surface area contributed by atoms with Gasteiger partial charge in [-0.25, -0.2) is 5.43 Å². The molecular weight excluding hydrogens is 477 g/mol. The van der Waals surface area contributed by atoms with Crippen molar-refractivity contribution in [1.29, 1.82) is 0 Å². The van der Waals surface area contributed by atoms with Crippen molar-refractivity contribution in [2.75, 3.05) is 17.2 Å². The zero-order valence-electron chi connectivity index (χ0n) is 18.9. The van der Waals surface area contributed by atoms with E-state index in [-0.39, 0.29) is 16.8 Å². The van der Waals surface area contributed by atoms with Crippen LogP contribution in [0, 0.1) is 0 Å². The highest BCUT2D eigenvalue weighted by atomic mass is 19.4. The van der Waals surface area contributed by atoms with Gasteiger partial charge in [-0.2, -0.15) is 18.3 Å². The monoisotopic (exact) mass is 498 g/mol. The quantitative estimate of drug-likeness (QED) is 0.254. The van der Waals surface area contributed by atoms with Gasteiger partial charge in [0.1, 0.15) is 5.75 Å². The summed E-state index contributed by atoms with van der Waals surface area (Å²) in [5.74, 6) is -2.31. The van der Waals surface area contributed by atoms with Gasteiger partial charge in [0, 0.05) is 11.3 Å². The Balaban J connectivity index is 1.64. The van der Waals surface area contributed by atoms with Crippen LogP contribution >= 0.6 is 0 Å². The number of amides is 3. The van der Waals surface area contributed by atoms with Crippen LogP contribution in [0.4, 0.5) is 24.5 Å². The molecule has 0 aliphatic rings. The molecule has 36 heavy (non-hydrogen) atoms. The summed E-state index contributed by atoms with van der Waals surface area (Å²) in [6.45, 7) is 2.35. The number of nitrogens with one attached hydrogen (secondary N) is 3. The number of carbonyl (C=O) groups is 3. The van der Waals surface area contributed by atoms with Crippen molar-refractivity contribution in [1.82, 2.24) is 5.43 Å². The van der Waals surface area contributed by atoms with Gasteiger partial charge in [-0.15, -0.1) is 0 Å². The van der Waals surface area contributed by atoms with E-state index in [4.69, 9.17) is 4.74 Å². The summed E-state index contributed by atoms with van der Waals surface area (Å²) >= 11 is 0. The number of halogens is 3. The molecule has 0 radical (unpaired) electrons. The Kier molecular flexibility index (Phi) is 8.39. The maximum Gasteiger partial charge on any atom is 0.417 e. The van der Waals surface area contributed by atoms with Crippen molar-refractivity contribution in [3.05, 3.63) is 89.5 Å². The molecule has 0 spiro atoms. The fraction of sp³-hybridized carbons (Fsp3) is 0.120. The summed E-state index contributed by atoms with van der Waals surface area (Å²) in [7, 11) is 0. The van der Waals surface area contributed by atoms with Gasteiger partial charge in [-0.1, -0.05) is 30.3 Å². The summed E-state index contributed by atoms with van der Waals surface area (Å²) in [5.41, 5.74) is 1.25. The first-order valence-electron chi connectivity index (χ1n) is 10.6. The topological polar surface area (TPSA) is 109 Å². The second-order valence-electron chi connectivity index (χ2n) is 7.20. The average molecular weight is 498 g/mol. The van der Waals surface area contributed by atoms with Crippen molar-refractivity contribution in [2.24, 2.45) is 5.10 Å². The molecule has 3 rings (SSSR count). The summed E-state index contributed by atoms with van der Waals surface area (Å²) in [6, 6.07) is 17.3. The highest BCUT2D eigenvalue weighted by Gasteiger charge is 2.32. The van der Waals surface area contributed by atoms with Crippen molar-refractivity contribution >= 4 is 35.3 Å². The molecule has 0 aliphatic carbocycles. The Morgan fingerprint density at radius 1 is 0.889 bits per heavy atom. The molecule has 186 valence electrons. The van der Waals surface area contributed by atoms with Crippen molar-refractivity contribution in [3.63, 3.8) is 0 Å². The summed E-state index contributed by atoms with van der Waals surface area (Å²) in [6.07, 6.45) is -3.83. The zero-order valence-corrected chi connectivity index (χ0v) is 18.9. The van der Waals surface area contributed by atoms with Crippen LogP contribution in [0.3, 0.4) is 0 Å². The third-order valence-corrected chi connectivity index (χ3v) is 4.69. The van der Waals surface area contributed by atoms with E-state index in [1.807, 2.05) is 12.3 Å². The van der Waals surface area contributed by atoms with Gasteiger partial charge in [0.2, 0.25) is 0 Å². The molecule has 0 heterocycles. The van der Waals surface area contributed by atoms with E-state index in [2.05, 4.69) is 15.7 Å². The van der Waals surface area contributed by atoms with Crippen LogP contribution in [-0.4, -0.2) is 30.5 Å². The molecule has 0 saturated carbocycles. The van der Waals surface area contributed by atoms with Gasteiger partial charge in [-0.05, 0) is 49.4 Å². The maximum absolute atomic E-state index is 13.0. The van der Waals surface area contributed by atoms with Gasteiger partial charge < -0.3 is 15.4 Å². The second kappa shape index (κ2) is 11.6. The van der Waals surface area contributed by atoms with Crippen molar-refractivity contribution < 1.29 is 32.3 Å². The lowest BCUT2D eigenvalue weighted by Crippen LogP contribution is -2.33. The molecule has 0 atom stereocenters. The Bertz CT molecular complexity index is 1270. The van der Waals surface area contributed by atoms with Crippen LogP contribution < -0.4 is 20.8 Å². The van der Waals surface area contributed by atoms with E-state index >= 15 is 0 Å². The maximum atomic E-state index is 13.0. The van der Waals surface area contributed by atoms with Gasteiger partial charge >= 0.3 is 18.0 Å². The number of alkyl halides is 3. The molecule has 8 nitrogen and oxygen atoms in total. The SMILES string of the molecule is CCOc1ccc(NC(=O)c2ccccc2NC(=O)C(=O)N/N=C\c2ccccc2C(F)(F)F)cc1. The van der Waals surface area contributed by atoms with Crippen LogP contribution in [0.5, 0.6) is 5.75 Å². The van der Waals surface area contributed by atoms with E-state index in [1.54, 1.807) is 36.4 Å². The molecule has 0 unspecified atom stereocenters. The largest absolute Gasteiger partial charge is 0.494 e. The summed E-state index contributed by atoms with van der Waals surface area (Å²) in [5, 5.41) is 8.42. The molecule has 11 heteroatoms. The van der Waals surface area contributed by atoms with Gasteiger partial charge in [0.15, 0.2) is 0 Å². The van der Waals surface area contributed by atoms with Crippen LogP contribution in [0.25, 0.3) is 0 Å². The van der Waals surface area contributed by atoms with Crippen LogP contribution in [0.15, 0.2) is 77.9 Å². The van der Waals surface area contributed by atoms with E-state index in [1.165, 1.54) is 24.3 Å². The predicted octanol–water partition coefficient (Wildman–Crippen LogP) is 4.45. The Morgan fingerprint density at radius 2 is 1.56 bits per heavy atom. The molecule has 3 N–H and O–H groups in total. The first-order valence-corrected chi connectivity index (χ1v) is 10.6. The smallest absolute Gasteiger partial charge is 0.417 e. The van der Waals surface area contributed by atoms with Crippen molar-refractivity contribution in [2.45, 2.75) is 13.1 Å². The molecule has 3 amide bonds. The minimum absolute atomic E-state index is 0.0486. The highest BCUT2D eigenvalue weighted by Crippen LogP contribution is 2.31. The zero-order chi connectivity index (χ0) is 26.1. The van der Waals surface area contributed by atoms with E-state index in [0.717, 1.165) is 18.3 Å². The first kappa shape index (κ1) is 25.9. The molecule has 0 aliphatic heterocycles. The fourth-order valence-electron chi connectivity index (χ4n) is 3.05. The average Bonchev–Trinajstić information content (AvgIpc) is 2.85. The number of hydrazone groups is 1. The number of nitrogens with zero attached hydrogens (tertiary/aromatic N) is 1. The number of carbonyl (C=O) groups excluding carboxylic acids is 3. The Morgan fingerprint density at radius 3 is 2.25 bits per heavy atom. The number of rotatable bonds is 7. The number of hydrogen-bond acceptors (Lipinski definition) is 5. The molecule has 0 fully saturated rings. The fourth-order valence-corrected chi connectivity index (χ4v) is 3.05. The highest BCUT2D eigenvalue weighted by molar-refractivity contribution is 6.40. The summed E-state index contributed by atoms with van der Waals surface area (Å²) < 4.78 is 44.5.